The summed E-state index contributed by atoms with van der Waals surface area (Å²) < 4.78 is 12.8. The van der Waals surface area contributed by atoms with E-state index in [-0.39, 0.29) is 11.4 Å². The third-order valence-electron chi connectivity index (χ3n) is 3.18. The topological polar surface area (TPSA) is 62.2 Å². The van der Waals surface area contributed by atoms with E-state index in [4.69, 9.17) is 0 Å². The number of carboxylic acid groups (broad SMARTS) is 1. The Balaban J connectivity index is 2.09. The fraction of sp³-hybridized carbons (Fsp3) is 0.250. The third kappa shape index (κ3) is 3.78. The number of carboxylic acids is 1. The monoisotopic (exact) mass is 288 g/mol. The van der Waals surface area contributed by atoms with Gasteiger partial charge in [0.15, 0.2) is 0 Å². The molecule has 1 heterocycles. The van der Waals surface area contributed by atoms with E-state index in [0.29, 0.717) is 24.3 Å². The Morgan fingerprint density at radius 2 is 1.95 bits per heavy atom. The van der Waals surface area contributed by atoms with Crippen LogP contribution >= 0.6 is 0 Å². The van der Waals surface area contributed by atoms with Crippen molar-refractivity contribution in [2.24, 2.45) is 0 Å². The summed E-state index contributed by atoms with van der Waals surface area (Å²) in [5.74, 6) is -0.887. The highest BCUT2D eigenvalue weighted by Crippen LogP contribution is 2.18. The van der Waals surface area contributed by atoms with Crippen LogP contribution in [-0.4, -0.2) is 22.6 Å². The fourth-order valence-corrected chi connectivity index (χ4v) is 2.21. The summed E-state index contributed by atoms with van der Waals surface area (Å²) >= 11 is 0. The highest BCUT2D eigenvalue weighted by atomic mass is 19.1. The van der Waals surface area contributed by atoms with Crippen molar-refractivity contribution in [1.82, 2.24) is 4.98 Å². The predicted octanol–water partition coefficient (Wildman–Crippen LogP) is 3.19. The van der Waals surface area contributed by atoms with E-state index < -0.39 is 5.97 Å². The van der Waals surface area contributed by atoms with Crippen molar-refractivity contribution in [3.8, 4) is 0 Å². The molecule has 0 atom stereocenters. The summed E-state index contributed by atoms with van der Waals surface area (Å²) in [5, 5.41) is 12.3. The Morgan fingerprint density at radius 1 is 1.29 bits per heavy atom. The molecule has 1 aromatic heterocycles. The molecule has 2 aromatic rings. The second kappa shape index (κ2) is 6.35. The van der Waals surface area contributed by atoms with Crippen molar-refractivity contribution in [3.05, 3.63) is 58.5 Å². The molecule has 110 valence electrons. The zero-order valence-corrected chi connectivity index (χ0v) is 12.0. The van der Waals surface area contributed by atoms with Gasteiger partial charge in [0.2, 0.25) is 0 Å². The van der Waals surface area contributed by atoms with E-state index in [1.165, 1.54) is 12.1 Å². The molecule has 0 spiro atoms. The minimum Gasteiger partial charge on any atom is -0.478 e. The highest BCUT2D eigenvalue weighted by Gasteiger charge is 2.15. The number of hydrogen-bond donors (Lipinski definition) is 2. The molecular weight excluding hydrogens is 271 g/mol. The lowest BCUT2D eigenvalue weighted by Gasteiger charge is -2.12. The Kier molecular flexibility index (Phi) is 4.52. The van der Waals surface area contributed by atoms with Crippen LogP contribution in [-0.2, 0) is 6.42 Å². The van der Waals surface area contributed by atoms with Gasteiger partial charge in [0.25, 0.3) is 0 Å². The van der Waals surface area contributed by atoms with E-state index in [0.717, 1.165) is 11.3 Å². The van der Waals surface area contributed by atoms with Gasteiger partial charge in [0, 0.05) is 12.2 Å². The minimum absolute atomic E-state index is 0.194. The molecule has 4 nitrogen and oxygen atoms in total. The van der Waals surface area contributed by atoms with Crippen molar-refractivity contribution in [2.75, 3.05) is 11.9 Å². The van der Waals surface area contributed by atoms with Crippen molar-refractivity contribution in [2.45, 2.75) is 20.3 Å². The van der Waals surface area contributed by atoms with E-state index in [1.54, 1.807) is 25.1 Å². The molecule has 0 radical (unpaired) electrons. The lowest BCUT2D eigenvalue weighted by Crippen LogP contribution is -2.13. The van der Waals surface area contributed by atoms with Gasteiger partial charge in [-0.25, -0.2) is 14.2 Å². The number of nitrogens with one attached hydrogen (secondary N) is 1. The Morgan fingerprint density at radius 3 is 2.57 bits per heavy atom. The largest absolute Gasteiger partial charge is 0.478 e. The van der Waals surface area contributed by atoms with Crippen LogP contribution in [0, 0.1) is 19.7 Å². The normalized spacial score (nSPS) is 10.4. The number of anilines is 1. The number of aromatic nitrogens is 1. The predicted molar refractivity (Wildman–Crippen MR) is 79.3 cm³/mol. The second-order valence-electron chi connectivity index (χ2n) is 4.91. The molecule has 0 aliphatic heterocycles. The lowest BCUT2D eigenvalue weighted by atomic mass is 10.1. The number of nitrogens with zero attached hydrogens (tertiary/aromatic N) is 1. The standard InChI is InChI=1S/C16H17FN2O2/c1-10-9-11(2)19-15(14(10)16(20)21)18-8-7-12-3-5-13(17)6-4-12/h3-6,9H,7-8H2,1-2H3,(H,18,19)(H,20,21). The van der Waals surface area contributed by atoms with Gasteiger partial charge in [0.05, 0.1) is 0 Å². The van der Waals surface area contributed by atoms with Gasteiger partial charge in [-0.05, 0) is 49.6 Å². The number of carbonyl (C=O) groups is 1. The van der Waals surface area contributed by atoms with Gasteiger partial charge in [-0.2, -0.15) is 0 Å². The highest BCUT2D eigenvalue weighted by molar-refractivity contribution is 5.94. The number of aromatic carboxylic acids is 1. The van der Waals surface area contributed by atoms with Crippen LogP contribution in [0.4, 0.5) is 10.2 Å². The van der Waals surface area contributed by atoms with Crippen LogP contribution in [0.3, 0.4) is 0 Å². The van der Waals surface area contributed by atoms with Crippen LogP contribution < -0.4 is 5.32 Å². The van der Waals surface area contributed by atoms with Crippen molar-refractivity contribution >= 4 is 11.8 Å². The van der Waals surface area contributed by atoms with Crippen LogP contribution in [0.1, 0.15) is 27.2 Å². The number of benzene rings is 1. The summed E-state index contributed by atoms with van der Waals surface area (Å²) in [6.45, 7) is 4.11. The Labute approximate surface area is 122 Å². The van der Waals surface area contributed by atoms with Gasteiger partial charge in [0.1, 0.15) is 17.2 Å². The van der Waals surface area contributed by atoms with Gasteiger partial charge in [-0.15, -0.1) is 0 Å². The molecule has 0 unspecified atom stereocenters. The smallest absolute Gasteiger partial charge is 0.339 e. The van der Waals surface area contributed by atoms with E-state index >= 15 is 0 Å². The molecule has 0 aliphatic carbocycles. The third-order valence-corrected chi connectivity index (χ3v) is 3.18. The van der Waals surface area contributed by atoms with Crippen LogP contribution in [0.5, 0.6) is 0 Å². The molecular formula is C16H17FN2O2. The average Bonchev–Trinajstić information content (AvgIpc) is 2.39. The Bertz CT molecular complexity index is 654. The molecule has 0 aliphatic rings. The molecule has 21 heavy (non-hydrogen) atoms. The zero-order valence-electron chi connectivity index (χ0n) is 12.0. The first-order valence-electron chi connectivity index (χ1n) is 6.67. The molecule has 5 heteroatoms. The number of halogens is 1. The van der Waals surface area contributed by atoms with Gasteiger partial charge < -0.3 is 10.4 Å². The van der Waals surface area contributed by atoms with Crippen LogP contribution in [0.25, 0.3) is 0 Å². The van der Waals surface area contributed by atoms with E-state index in [2.05, 4.69) is 10.3 Å². The van der Waals surface area contributed by atoms with Gasteiger partial charge >= 0.3 is 5.97 Å². The number of pyridine rings is 1. The van der Waals surface area contributed by atoms with Gasteiger partial charge in [-0.1, -0.05) is 12.1 Å². The molecule has 0 saturated carbocycles. The molecule has 2 rings (SSSR count). The fourth-order valence-electron chi connectivity index (χ4n) is 2.21. The van der Waals surface area contributed by atoms with E-state index in [1.807, 2.05) is 6.92 Å². The van der Waals surface area contributed by atoms with Crippen molar-refractivity contribution in [1.29, 1.82) is 0 Å². The lowest BCUT2D eigenvalue weighted by molar-refractivity contribution is 0.0697. The molecule has 2 N–H and O–H groups in total. The minimum atomic E-state index is -0.996. The first kappa shape index (κ1) is 15.0. The summed E-state index contributed by atoms with van der Waals surface area (Å²) in [4.78, 5) is 15.6. The number of aryl methyl sites for hydroxylation is 2. The van der Waals surface area contributed by atoms with E-state index in [9.17, 15) is 14.3 Å². The maximum atomic E-state index is 12.8. The van der Waals surface area contributed by atoms with Crippen LogP contribution in [0.15, 0.2) is 30.3 Å². The first-order chi connectivity index (χ1) is 9.97. The number of hydrogen-bond acceptors (Lipinski definition) is 3. The maximum absolute atomic E-state index is 12.8. The Hall–Kier alpha value is -2.43. The SMILES string of the molecule is Cc1cc(C)c(C(=O)O)c(NCCc2ccc(F)cc2)n1. The molecule has 0 amide bonds. The zero-order chi connectivity index (χ0) is 15.4. The molecule has 0 bridgehead atoms. The average molecular weight is 288 g/mol. The maximum Gasteiger partial charge on any atom is 0.339 e. The first-order valence-corrected chi connectivity index (χ1v) is 6.67. The molecule has 0 saturated heterocycles. The van der Waals surface area contributed by atoms with Crippen LogP contribution in [0.2, 0.25) is 0 Å². The summed E-state index contributed by atoms with van der Waals surface area (Å²) in [6.07, 6.45) is 0.661. The summed E-state index contributed by atoms with van der Waals surface area (Å²) in [5.41, 5.74) is 2.62. The quantitative estimate of drug-likeness (QED) is 0.887. The van der Waals surface area contributed by atoms with Crippen molar-refractivity contribution < 1.29 is 14.3 Å². The van der Waals surface area contributed by atoms with Crippen molar-refractivity contribution in [3.63, 3.8) is 0 Å². The van der Waals surface area contributed by atoms with Gasteiger partial charge in [-0.3, -0.25) is 0 Å². The summed E-state index contributed by atoms with van der Waals surface area (Å²) in [7, 11) is 0. The molecule has 0 fully saturated rings. The summed E-state index contributed by atoms with van der Waals surface area (Å²) in [6, 6.07) is 7.99. The number of rotatable bonds is 5. The second-order valence-corrected chi connectivity index (χ2v) is 4.91. The molecule has 1 aromatic carbocycles.